The Morgan fingerprint density at radius 1 is 1.04 bits per heavy atom. The van der Waals surface area contributed by atoms with Crippen LogP contribution in [-0.2, 0) is 0 Å². The predicted molar refractivity (Wildman–Crippen MR) is 97.0 cm³/mol. The quantitative estimate of drug-likeness (QED) is 0.882. The summed E-state index contributed by atoms with van der Waals surface area (Å²) in [5, 5.41) is 6.22. The van der Waals surface area contributed by atoms with E-state index in [9.17, 15) is 4.79 Å². The van der Waals surface area contributed by atoms with Crippen molar-refractivity contribution < 1.29 is 4.79 Å². The molecule has 0 saturated carbocycles. The van der Waals surface area contributed by atoms with Crippen LogP contribution in [-0.4, -0.2) is 29.1 Å². The second-order valence-electron chi connectivity index (χ2n) is 5.85. The number of carbonyl (C=O) groups excluding carboxylic acids is 1. The van der Waals surface area contributed by atoms with Crippen molar-refractivity contribution in [3.63, 3.8) is 0 Å². The fourth-order valence-corrected chi connectivity index (χ4v) is 2.87. The number of aromatic nitrogens is 2. The van der Waals surface area contributed by atoms with Crippen LogP contribution in [0.4, 0.5) is 22.1 Å². The number of aryl methyl sites for hydroxylation is 2. The lowest BCUT2D eigenvalue weighted by Crippen LogP contribution is -2.24. The molecule has 6 nitrogen and oxygen atoms in total. The molecule has 0 unspecified atom stereocenters. The monoisotopic (exact) mass is 345 g/mol. The van der Waals surface area contributed by atoms with Gasteiger partial charge in [-0.2, -0.15) is 0 Å². The SMILES string of the molecule is Cc1nc(N2CCCC2)nc(C)c1NC(=O)Nc1ccc(Cl)cc1. The van der Waals surface area contributed by atoms with Crippen LogP contribution in [0.3, 0.4) is 0 Å². The smallest absolute Gasteiger partial charge is 0.323 e. The second kappa shape index (κ2) is 7.05. The zero-order valence-corrected chi connectivity index (χ0v) is 14.5. The normalized spacial score (nSPS) is 13.9. The molecular formula is C17H20ClN5O. The van der Waals surface area contributed by atoms with Crippen LogP contribution < -0.4 is 15.5 Å². The summed E-state index contributed by atoms with van der Waals surface area (Å²) >= 11 is 5.84. The van der Waals surface area contributed by atoms with Crippen molar-refractivity contribution in [2.45, 2.75) is 26.7 Å². The number of amides is 2. The maximum atomic E-state index is 12.2. The summed E-state index contributed by atoms with van der Waals surface area (Å²) in [4.78, 5) is 23.5. The van der Waals surface area contributed by atoms with E-state index < -0.39 is 0 Å². The van der Waals surface area contributed by atoms with Gasteiger partial charge in [0.15, 0.2) is 0 Å². The molecule has 1 aliphatic heterocycles. The third-order valence-corrected chi connectivity index (χ3v) is 4.24. The lowest BCUT2D eigenvalue weighted by molar-refractivity contribution is 0.262. The summed E-state index contributed by atoms with van der Waals surface area (Å²) < 4.78 is 0. The van der Waals surface area contributed by atoms with Crippen LogP contribution >= 0.6 is 11.6 Å². The Morgan fingerprint density at radius 3 is 2.21 bits per heavy atom. The van der Waals surface area contributed by atoms with Crippen LogP contribution in [0.25, 0.3) is 0 Å². The minimum Gasteiger partial charge on any atom is -0.341 e. The highest BCUT2D eigenvalue weighted by molar-refractivity contribution is 6.30. The molecule has 0 bridgehead atoms. The van der Waals surface area contributed by atoms with Crippen LogP contribution in [0.1, 0.15) is 24.2 Å². The van der Waals surface area contributed by atoms with Crippen molar-refractivity contribution in [1.82, 2.24) is 9.97 Å². The number of nitrogens with zero attached hydrogens (tertiary/aromatic N) is 3. The molecule has 1 aromatic heterocycles. The Labute approximate surface area is 146 Å². The van der Waals surface area contributed by atoms with Gasteiger partial charge in [-0.05, 0) is 51.0 Å². The van der Waals surface area contributed by atoms with E-state index in [1.807, 2.05) is 13.8 Å². The molecule has 1 fully saturated rings. The summed E-state index contributed by atoms with van der Waals surface area (Å²) in [6.07, 6.45) is 2.34. The first-order valence-electron chi connectivity index (χ1n) is 7.96. The fraction of sp³-hybridized carbons (Fsp3) is 0.353. The zero-order valence-electron chi connectivity index (χ0n) is 13.8. The summed E-state index contributed by atoms with van der Waals surface area (Å²) in [5.41, 5.74) is 2.83. The van der Waals surface area contributed by atoms with Crippen molar-refractivity contribution in [3.8, 4) is 0 Å². The second-order valence-corrected chi connectivity index (χ2v) is 6.29. The van der Waals surface area contributed by atoms with Crippen LogP contribution in [0.2, 0.25) is 5.02 Å². The van der Waals surface area contributed by atoms with E-state index in [0.717, 1.165) is 30.4 Å². The minimum atomic E-state index is -0.332. The van der Waals surface area contributed by atoms with Crippen molar-refractivity contribution in [3.05, 3.63) is 40.7 Å². The Hall–Kier alpha value is -2.34. The standard InChI is InChI=1S/C17H20ClN5O/c1-11-15(12(2)20-16(19-11)23-9-3-4-10-23)22-17(24)21-14-7-5-13(18)6-8-14/h5-8H,3-4,9-10H2,1-2H3,(H2,21,22,24). The number of benzene rings is 1. The molecule has 2 aromatic rings. The molecule has 126 valence electrons. The van der Waals surface area contributed by atoms with E-state index in [-0.39, 0.29) is 6.03 Å². The van der Waals surface area contributed by atoms with Crippen LogP contribution in [0, 0.1) is 13.8 Å². The van der Waals surface area contributed by atoms with Crippen LogP contribution in [0.5, 0.6) is 0 Å². The Balaban J connectivity index is 1.72. The number of anilines is 3. The van der Waals surface area contributed by atoms with E-state index in [1.54, 1.807) is 24.3 Å². The highest BCUT2D eigenvalue weighted by atomic mass is 35.5. The van der Waals surface area contributed by atoms with Gasteiger partial charge in [0.05, 0.1) is 17.1 Å². The largest absolute Gasteiger partial charge is 0.341 e. The van der Waals surface area contributed by atoms with E-state index in [0.29, 0.717) is 16.4 Å². The number of hydrogen-bond donors (Lipinski definition) is 2. The summed E-state index contributed by atoms with van der Waals surface area (Å²) in [6.45, 7) is 5.74. The number of urea groups is 1. The lowest BCUT2D eigenvalue weighted by Gasteiger charge is -2.18. The van der Waals surface area contributed by atoms with Gasteiger partial charge in [0.25, 0.3) is 0 Å². The maximum absolute atomic E-state index is 12.2. The van der Waals surface area contributed by atoms with Crippen molar-refractivity contribution in [2.75, 3.05) is 28.6 Å². The Kier molecular flexibility index (Phi) is 4.85. The van der Waals surface area contributed by atoms with E-state index in [2.05, 4.69) is 25.5 Å². The Bertz CT molecular complexity index is 718. The number of hydrogen-bond acceptors (Lipinski definition) is 4. The molecule has 1 aliphatic rings. The van der Waals surface area contributed by atoms with Gasteiger partial charge < -0.3 is 15.5 Å². The summed E-state index contributed by atoms with van der Waals surface area (Å²) in [5.74, 6) is 0.742. The lowest BCUT2D eigenvalue weighted by atomic mass is 10.3. The first kappa shape index (κ1) is 16.5. The number of nitrogens with one attached hydrogen (secondary N) is 2. The average molecular weight is 346 g/mol. The van der Waals surface area contributed by atoms with Crippen molar-refractivity contribution in [1.29, 1.82) is 0 Å². The maximum Gasteiger partial charge on any atom is 0.323 e. The molecule has 3 rings (SSSR count). The topological polar surface area (TPSA) is 70.2 Å². The highest BCUT2D eigenvalue weighted by Gasteiger charge is 2.18. The molecule has 24 heavy (non-hydrogen) atoms. The molecule has 0 aliphatic carbocycles. The van der Waals surface area contributed by atoms with E-state index >= 15 is 0 Å². The van der Waals surface area contributed by atoms with Gasteiger partial charge in [0.1, 0.15) is 0 Å². The molecule has 1 saturated heterocycles. The third kappa shape index (κ3) is 3.76. The fourth-order valence-electron chi connectivity index (χ4n) is 2.75. The number of halogens is 1. The van der Waals surface area contributed by atoms with Gasteiger partial charge in [-0.25, -0.2) is 14.8 Å². The van der Waals surface area contributed by atoms with Gasteiger partial charge in [-0.3, -0.25) is 0 Å². The van der Waals surface area contributed by atoms with E-state index in [1.165, 1.54) is 12.8 Å². The molecule has 0 radical (unpaired) electrons. The van der Waals surface area contributed by atoms with Gasteiger partial charge in [-0.1, -0.05) is 11.6 Å². The van der Waals surface area contributed by atoms with Gasteiger partial charge in [0, 0.05) is 23.8 Å². The molecular weight excluding hydrogens is 326 g/mol. The first-order valence-corrected chi connectivity index (χ1v) is 8.34. The molecule has 0 spiro atoms. The average Bonchev–Trinajstić information content (AvgIpc) is 3.07. The molecule has 2 heterocycles. The van der Waals surface area contributed by atoms with Crippen molar-refractivity contribution in [2.24, 2.45) is 0 Å². The molecule has 1 aromatic carbocycles. The molecule has 7 heteroatoms. The Morgan fingerprint density at radius 2 is 1.62 bits per heavy atom. The molecule has 0 atom stereocenters. The number of carbonyl (C=O) groups is 1. The predicted octanol–water partition coefficient (Wildman–Crippen LogP) is 3.99. The first-order chi connectivity index (χ1) is 11.5. The zero-order chi connectivity index (χ0) is 17.1. The van der Waals surface area contributed by atoms with Gasteiger partial charge in [-0.15, -0.1) is 0 Å². The van der Waals surface area contributed by atoms with Crippen LogP contribution in [0.15, 0.2) is 24.3 Å². The number of rotatable bonds is 3. The van der Waals surface area contributed by atoms with Gasteiger partial charge >= 0.3 is 6.03 Å². The summed E-state index contributed by atoms with van der Waals surface area (Å²) in [7, 11) is 0. The molecule has 2 N–H and O–H groups in total. The molecule has 2 amide bonds. The minimum absolute atomic E-state index is 0.332. The van der Waals surface area contributed by atoms with Crippen molar-refractivity contribution >= 4 is 35.0 Å². The third-order valence-electron chi connectivity index (χ3n) is 3.99. The van der Waals surface area contributed by atoms with Gasteiger partial charge in [0.2, 0.25) is 5.95 Å². The van der Waals surface area contributed by atoms with E-state index in [4.69, 9.17) is 11.6 Å². The summed E-state index contributed by atoms with van der Waals surface area (Å²) in [6, 6.07) is 6.60. The highest BCUT2D eigenvalue weighted by Crippen LogP contribution is 2.23.